The van der Waals surface area contributed by atoms with E-state index in [9.17, 15) is 9.59 Å². The molecule has 138 valence electrons. The van der Waals surface area contributed by atoms with E-state index >= 15 is 0 Å². The van der Waals surface area contributed by atoms with Gasteiger partial charge >= 0.3 is 0 Å². The third kappa shape index (κ3) is 5.69. The summed E-state index contributed by atoms with van der Waals surface area (Å²) >= 11 is 0. The molecule has 0 radical (unpaired) electrons. The van der Waals surface area contributed by atoms with Crippen molar-refractivity contribution in [2.75, 3.05) is 31.1 Å². The number of amides is 2. The van der Waals surface area contributed by atoms with Crippen molar-refractivity contribution in [2.24, 2.45) is 5.92 Å². The van der Waals surface area contributed by atoms with E-state index in [-0.39, 0.29) is 29.8 Å². The SMILES string of the molecule is CCN(CC(=O)NC(C)(C)C)C(=O)C1CCN(c2cnccn2)CC1. The summed E-state index contributed by atoms with van der Waals surface area (Å²) in [5.74, 6) is 0.783. The van der Waals surface area contributed by atoms with Gasteiger partial charge in [0, 0.05) is 43.5 Å². The maximum atomic E-state index is 12.8. The quantitative estimate of drug-likeness (QED) is 0.872. The first-order valence-electron chi connectivity index (χ1n) is 8.91. The van der Waals surface area contributed by atoms with Gasteiger partial charge in [0.1, 0.15) is 5.82 Å². The van der Waals surface area contributed by atoms with E-state index in [1.807, 2.05) is 27.7 Å². The Bertz CT molecular complexity index is 577. The average molecular weight is 347 g/mol. The largest absolute Gasteiger partial charge is 0.355 e. The van der Waals surface area contributed by atoms with Crippen molar-refractivity contribution in [3.05, 3.63) is 18.6 Å². The summed E-state index contributed by atoms with van der Waals surface area (Å²) in [6.07, 6.45) is 6.62. The van der Waals surface area contributed by atoms with Gasteiger partial charge in [0.15, 0.2) is 0 Å². The molecular formula is C18H29N5O2. The Morgan fingerprint density at radius 2 is 1.96 bits per heavy atom. The molecule has 25 heavy (non-hydrogen) atoms. The smallest absolute Gasteiger partial charge is 0.240 e. The van der Waals surface area contributed by atoms with Gasteiger partial charge in [-0.05, 0) is 40.5 Å². The number of nitrogens with one attached hydrogen (secondary N) is 1. The predicted octanol–water partition coefficient (Wildman–Crippen LogP) is 1.46. The fourth-order valence-electron chi connectivity index (χ4n) is 3.04. The Balaban J connectivity index is 1.88. The highest BCUT2D eigenvalue weighted by Gasteiger charge is 2.29. The van der Waals surface area contributed by atoms with Crippen LogP contribution in [0.25, 0.3) is 0 Å². The van der Waals surface area contributed by atoms with Crippen LogP contribution in [0.5, 0.6) is 0 Å². The van der Waals surface area contributed by atoms with Gasteiger partial charge in [0.2, 0.25) is 11.8 Å². The summed E-state index contributed by atoms with van der Waals surface area (Å²) in [4.78, 5) is 37.1. The number of carbonyl (C=O) groups is 2. The summed E-state index contributed by atoms with van der Waals surface area (Å²) in [5.41, 5.74) is -0.290. The number of aromatic nitrogens is 2. The second kappa shape index (κ2) is 8.27. The van der Waals surface area contributed by atoms with Crippen LogP contribution in [0.15, 0.2) is 18.6 Å². The van der Waals surface area contributed by atoms with E-state index in [0.717, 1.165) is 31.7 Å². The minimum Gasteiger partial charge on any atom is -0.355 e. The number of hydrogen-bond donors (Lipinski definition) is 1. The number of carbonyl (C=O) groups excluding carboxylic acids is 2. The highest BCUT2D eigenvalue weighted by atomic mass is 16.2. The van der Waals surface area contributed by atoms with Gasteiger partial charge in [-0.2, -0.15) is 0 Å². The van der Waals surface area contributed by atoms with Gasteiger partial charge < -0.3 is 15.1 Å². The van der Waals surface area contributed by atoms with E-state index in [2.05, 4.69) is 20.2 Å². The molecule has 2 heterocycles. The first kappa shape index (κ1) is 19.1. The number of hydrogen-bond acceptors (Lipinski definition) is 5. The molecule has 0 spiro atoms. The van der Waals surface area contributed by atoms with Gasteiger partial charge in [0.25, 0.3) is 0 Å². The van der Waals surface area contributed by atoms with Gasteiger partial charge in [-0.1, -0.05) is 0 Å². The molecule has 7 nitrogen and oxygen atoms in total. The monoisotopic (exact) mass is 347 g/mol. The number of likely N-dealkylation sites (N-methyl/N-ethyl adjacent to an activating group) is 1. The van der Waals surface area contributed by atoms with E-state index in [1.54, 1.807) is 23.5 Å². The van der Waals surface area contributed by atoms with Crippen LogP contribution in [0, 0.1) is 5.92 Å². The lowest BCUT2D eigenvalue weighted by Crippen LogP contribution is -2.49. The van der Waals surface area contributed by atoms with E-state index in [1.165, 1.54) is 0 Å². The number of piperidine rings is 1. The maximum absolute atomic E-state index is 12.8. The third-order valence-corrected chi connectivity index (χ3v) is 4.26. The predicted molar refractivity (Wildman–Crippen MR) is 97.1 cm³/mol. The van der Waals surface area contributed by atoms with Crippen LogP contribution in [-0.2, 0) is 9.59 Å². The molecule has 0 bridgehead atoms. The lowest BCUT2D eigenvalue weighted by molar-refractivity contribution is -0.140. The van der Waals surface area contributed by atoms with E-state index < -0.39 is 0 Å². The van der Waals surface area contributed by atoms with Crippen molar-refractivity contribution in [1.29, 1.82) is 0 Å². The lowest BCUT2D eigenvalue weighted by atomic mass is 9.95. The maximum Gasteiger partial charge on any atom is 0.240 e. The Labute approximate surface area is 149 Å². The molecule has 0 aliphatic carbocycles. The molecule has 1 aliphatic heterocycles. The molecule has 1 N–H and O–H groups in total. The first-order chi connectivity index (χ1) is 11.8. The topological polar surface area (TPSA) is 78.4 Å². The lowest BCUT2D eigenvalue weighted by Gasteiger charge is -2.34. The summed E-state index contributed by atoms with van der Waals surface area (Å²) in [6.45, 7) is 9.94. The summed E-state index contributed by atoms with van der Waals surface area (Å²) in [7, 11) is 0. The highest BCUT2D eigenvalue weighted by Crippen LogP contribution is 2.22. The van der Waals surface area contributed by atoms with Crippen LogP contribution in [-0.4, -0.2) is 58.4 Å². The van der Waals surface area contributed by atoms with Crippen molar-refractivity contribution in [1.82, 2.24) is 20.2 Å². The number of anilines is 1. The fraction of sp³-hybridized carbons (Fsp3) is 0.667. The van der Waals surface area contributed by atoms with Crippen molar-refractivity contribution < 1.29 is 9.59 Å². The molecule has 1 saturated heterocycles. The summed E-state index contributed by atoms with van der Waals surface area (Å²) in [6, 6.07) is 0. The van der Waals surface area contributed by atoms with Crippen LogP contribution in [0.3, 0.4) is 0 Å². The van der Waals surface area contributed by atoms with Crippen LogP contribution < -0.4 is 10.2 Å². The molecular weight excluding hydrogens is 318 g/mol. The first-order valence-corrected chi connectivity index (χ1v) is 8.91. The standard InChI is InChI=1S/C18H29N5O2/c1-5-22(13-16(24)21-18(2,3)4)17(25)14-6-10-23(11-7-14)15-12-19-8-9-20-15/h8-9,12,14H,5-7,10-11,13H2,1-4H3,(H,21,24). The van der Waals surface area contributed by atoms with E-state index in [4.69, 9.17) is 0 Å². The molecule has 0 aromatic carbocycles. The van der Waals surface area contributed by atoms with Gasteiger partial charge in [-0.3, -0.25) is 14.6 Å². The Kier molecular flexibility index (Phi) is 6.33. The van der Waals surface area contributed by atoms with Crippen molar-refractivity contribution in [3.8, 4) is 0 Å². The van der Waals surface area contributed by atoms with Gasteiger partial charge in [0.05, 0.1) is 12.7 Å². The molecule has 2 amide bonds. The summed E-state index contributed by atoms with van der Waals surface area (Å²) in [5, 5.41) is 2.91. The number of rotatable bonds is 5. The zero-order valence-electron chi connectivity index (χ0n) is 15.7. The Morgan fingerprint density at radius 3 is 2.48 bits per heavy atom. The van der Waals surface area contributed by atoms with Crippen LogP contribution in [0.1, 0.15) is 40.5 Å². The zero-order chi connectivity index (χ0) is 18.4. The molecule has 1 aromatic rings. The summed E-state index contributed by atoms with van der Waals surface area (Å²) < 4.78 is 0. The molecule has 1 fully saturated rings. The highest BCUT2D eigenvalue weighted by molar-refractivity contribution is 5.86. The fourth-order valence-corrected chi connectivity index (χ4v) is 3.04. The Hall–Kier alpha value is -2.18. The molecule has 0 unspecified atom stereocenters. The molecule has 7 heteroatoms. The van der Waals surface area contributed by atoms with Crippen LogP contribution >= 0.6 is 0 Å². The molecule has 1 aromatic heterocycles. The van der Waals surface area contributed by atoms with Crippen molar-refractivity contribution in [3.63, 3.8) is 0 Å². The Morgan fingerprint density at radius 1 is 1.28 bits per heavy atom. The minimum atomic E-state index is -0.290. The molecule has 0 atom stereocenters. The number of nitrogens with zero attached hydrogens (tertiary/aromatic N) is 4. The molecule has 1 aliphatic rings. The normalized spacial score (nSPS) is 15.8. The average Bonchev–Trinajstić information content (AvgIpc) is 2.58. The second-order valence-electron chi connectivity index (χ2n) is 7.48. The minimum absolute atomic E-state index is 0.0321. The second-order valence-corrected chi connectivity index (χ2v) is 7.48. The van der Waals surface area contributed by atoms with Gasteiger partial charge in [-0.25, -0.2) is 4.98 Å². The van der Waals surface area contributed by atoms with Gasteiger partial charge in [-0.15, -0.1) is 0 Å². The van der Waals surface area contributed by atoms with Crippen LogP contribution in [0.4, 0.5) is 5.82 Å². The third-order valence-electron chi connectivity index (χ3n) is 4.26. The van der Waals surface area contributed by atoms with Crippen LogP contribution in [0.2, 0.25) is 0 Å². The van der Waals surface area contributed by atoms with Crippen molar-refractivity contribution in [2.45, 2.75) is 46.1 Å². The molecule has 0 saturated carbocycles. The van der Waals surface area contributed by atoms with E-state index in [0.29, 0.717) is 6.54 Å². The molecule has 2 rings (SSSR count). The van der Waals surface area contributed by atoms with Crippen molar-refractivity contribution >= 4 is 17.6 Å². The zero-order valence-corrected chi connectivity index (χ0v) is 15.7.